The molecule has 4 N–H and O–H groups in total. The van der Waals surface area contributed by atoms with Gasteiger partial charge in [-0.05, 0) is 25.2 Å². The monoisotopic (exact) mass is 292 g/mol. The zero-order valence-corrected chi connectivity index (χ0v) is 12.0. The van der Waals surface area contributed by atoms with Crippen LogP contribution in [0.3, 0.4) is 0 Å². The molecule has 0 spiro atoms. The zero-order chi connectivity index (χ0) is 13.0. The quantitative estimate of drug-likeness (QED) is 0.686. The predicted molar refractivity (Wildman–Crippen MR) is 75.1 cm³/mol. The molecule has 0 bridgehead atoms. The van der Waals surface area contributed by atoms with E-state index in [0.29, 0.717) is 32.1 Å². The van der Waals surface area contributed by atoms with Crippen molar-refractivity contribution in [2.24, 2.45) is 17.6 Å². The Bertz CT molecular complexity index is 285. The van der Waals surface area contributed by atoms with Gasteiger partial charge in [0.15, 0.2) is 0 Å². The van der Waals surface area contributed by atoms with Crippen molar-refractivity contribution in [3.05, 3.63) is 0 Å². The molecule has 1 saturated heterocycles. The lowest BCUT2D eigenvalue weighted by Gasteiger charge is -2.19. The number of carbonyl (C=O) groups excluding carboxylic acids is 1. The number of ether oxygens (including phenoxy) is 1. The summed E-state index contributed by atoms with van der Waals surface area (Å²) in [4.78, 5) is 11.8. The van der Waals surface area contributed by atoms with Crippen LogP contribution < -0.4 is 11.1 Å². The Morgan fingerprint density at radius 3 is 2.79 bits per heavy atom. The van der Waals surface area contributed by atoms with Gasteiger partial charge in [-0.15, -0.1) is 12.4 Å². The van der Waals surface area contributed by atoms with Gasteiger partial charge < -0.3 is 20.9 Å². The van der Waals surface area contributed by atoms with E-state index in [9.17, 15) is 9.90 Å². The highest BCUT2D eigenvalue weighted by atomic mass is 35.5. The van der Waals surface area contributed by atoms with Crippen LogP contribution in [-0.2, 0) is 9.53 Å². The van der Waals surface area contributed by atoms with Gasteiger partial charge in [0, 0.05) is 31.5 Å². The molecule has 0 aromatic rings. The van der Waals surface area contributed by atoms with E-state index >= 15 is 0 Å². The molecule has 1 aliphatic heterocycles. The minimum atomic E-state index is -0.492. The molecule has 19 heavy (non-hydrogen) atoms. The van der Waals surface area contributed by atoms with Crippen LogP contribution in [0.1, 0.15) is 32.1 Å². The maximum absolute atomic E-state index is 11.8. The van der Waals surface area contributed by atoms with Crippen molar-refractivity contribution in [1.82, 2.24) is 5.32 Å². The number of halogens is 1. The Hall–Kier alpha value is -0.360. The number of aliphatic hydroxyl groups excluding tert-OH is 1. The van der Waals surface area contributed by atoms with Gasteiger partial charge in [-0.2, -0.15) is 0 Å². The van der Waals surface area contributed by atoms with Crippen molar-refractivity contribution < 1.29 is 14.6 Å². The van der Waals surface area contributed by atoms with Crippen LogP contribution >= 0.6 is 12.4 Å². The second kappa shape index (κ2) is 8.04. The third-order valence-corrected chi connectivity index (χ3v) is 4.18. The van der Waals surface area contributed by atoms with Gasteiger partial charge in [0.25, 0.3) is 0 Å². The van der Waals surface area contributed by atoms with Crippen molar-refractivity contribution in [2.45, 2.75) is 44.2 Å². The molecule has 112 valence electrons. The van der Waals surface area contributed by atoms with Gasteiger partial charge in [0.1, 0.15) is 0 Å². The lowest BCUT2D eigenvalue weighted by molar-refractivity contribution is -0.122. The largest absolute Gasteiger partial charge is 0.391 e. The molecule has 0 radical (unpaired) electrons. The summed E-state index contributed by atoms with van der Waals surface area (Å²) >= 11 is 0. The summed E-state index contributed by atoms with van der Waals surface area (Å²) in [5.74, 6) is 0.492. The number of hydrogen-bond donors (Lipinski definition) is 3. The molecule has 4 atom stereocenters. The Morgan fingerprint density at radius 2 is 2.21 bits per heavy atom. The van der Waals surface area contributed by atoms with E-state index in [1.54, 1.807) is 0 Å². The summed E-state index contributed by atoms with van der Waals surface area (Å²) in [5, 5.41) is 12.7. The predicted octanol–water partition coefficient (Wildman–Crippen LogP) is 0.439. The summed E-state index contributed by atoms with van der Waals surface area (Å²) in [7, 11) is 0. The molecule has 1 amide bonds. The Kier molecular flexibility index (Phi) is 7.07. The van der Waals surface area contributed by atoms with E-state index < -0.39 is 6.10 Å². The molecule has 1 saturated carbocycles. The molecule has 5 nitrogen and oxygen atoms in total. The van der Waals surface area contributed by atoms with Crippen LogP contribution in [0.25, 0.3) is 0 Å². The summed E-state index contributed by atoms with van der Waals surface area (Å²) in [5.41, 5.74) is 5.94. The molecule has 2 rings (SSSR count). The van der Waals surface area contributed by atoms with Crippen LogP contribution in [-0.4, -0.2) is 42.9 Å². The lowest BCUT2D eigenvalue weighted by atomic mass is 9.99. The van der Waals surface area contributed by atoms with Gasteiger partial charge in [0.2, 0.25) is 5.91 Å². The van der Waals surface area contributed by atoms with Gasteiger partial charge >= 0.3 is 0 Å². The molecule has 6 heteroatoms. The molecule has 2 aliphatic rings. The molecule has 1 heterocycles. The average Bonchev–Trinajstić information content (AvgIpc) is 2.99. The molecule has 2 fully saturated rings. The first-order valence-corrected chi connectivity index (χ1v) is 6.95. The first kappa shape index (κ1) is 16.7. The van der Waals surface area contributed by atoms with Crippen LogP contribution in [0.2, 0.25) is 0 Å². The normalized spacial score (nSPS) is 31.8. The molecule has 2 unspecified atom stereocenters. The van der Waals surface area contributed by atoms with E-state index in [1.165, 1.54) is 0 Å². The number of carbonyl (C=O) groups is 1. The standard InChI is InChI=1S/C13H24N2O3.ClH/c14-11-3-1-2-9(11)6-13(17)15-7-12(16)10-4-5-18-8-10;/h9-12,16H,1-8,14H2,(H,15,17);1H/t9-,10?,11+,12?;/m0./s1. The zero-order valence-electron chi connectivity index (χ0n) is 11.2. The van der Waals surface area contributed by atoms with Gasteiger partial charge in [-0.25, -0.2) is 0 Å². The van der Waals surface area contributed by atoms with Gasteiger partial charge in [-0.3, -0.25) is 4.79 Å². The Labute approximate surface area is 120 Å². The second-order valence-electron chi connectivity index (χ2n) is 5.55. The maximum Gasteiger partial charge on any atom is 0.220 e. The third-order valence-electron chi connectivity index (χ3n) is 4.18. The summed E-state index contributed by atoms with van der Waals surface area (Å²) in [6.07, 6.45) is 4.09. The molecule has 1 aliphatic carbocycles. The first-order chi connectivity index (χ1) is 8.66. The van der Waals surface area contributed by atoms with Crippen LogP contribution in [0, 0.1) is 11.8 Å². The number of rotatable bonds is 5. The van der Waals surface area contributed by atoms with Crippen LogP contribution in [0.5, 0.6) is 0 Å². The number of hydrogen-bond acceptors (Lipinski definition) is 4. The minimum absolute atomic E-state index is 0. The Balaban J connectivity index is 0.00000180. The molecular weight excluding hydrogens is 268 g/mol. The van der Waals surface area contributed by atoms with E-state index in [1.807, 2.05) is 0 Å². The van der Waals surface area contributed by atoms with Crippen LogP contribution in [0.15, 0.2) is 0 Å². The van der Waals surface area contributed by atoms with E-state index in [0.717, 1.165) is 25.7 Å². The van der Waals surface area contributed by atoms with Gasteiger partial charge in [0.05, 0.1) is 12.7 Å². The van der Waals surface area contributed by atoms with Crippen molar-refractivity contribution >= 4 is 18.3 Å². The number of nitrogens with two attached hydrogens (primary N) is 1. The van der Waals surface area contributed by atoms with Crippen molar-refractivity contribution in [3.63, 3.8) is 0 Å². The molecule has 0 aromatic carbocycles. The van der Waals surface area contributed by atoms with E-state index in [2.05, 4.69) is 5.32 Å². The number of nitrogens with one attached hydrogen (secondary N) is 1. The van der Waals surface area contributed by atoms with Crippen molar-refractivity contribution in [3.8, 4) is 0 Å². The Morgan fingerprint density at radius 1 is 1.42 bits per heavy atom. The fourth-order valence-corrected chi connectivity index (χ4v) is 2.87. The molecule has 0 aromatic heterocycles. The van der Waals surface area contributed by atoms with Gasteiger partial charge in [-0.1, -0.05) is 6.42 Å². The lowest BCUT2D eigenvalue weighted by Crippen LogP contribution is -2.38. The van der Waals surface area contributed by atoms with E-state index in [4.69, 9.17) is 10.5 Å². The SMILES string of the molecule is Cl.N[C@@H]1CCC[C@H]1CC(=O)NCC(O)C1CCOC1. The number of amides is 1. The first-order valence-electron chi connectivity index (χ1n) is 6.95. The van der Waals surface area contributed by atoms with Crippen LogP contribution in [0.4, 0.5) is 0 Å². The van der Waals surface area contributed by atoms with E-state index in [-0.39, 0.29) is 30.3 Å². The second-order valence-corrected chi connectivity index (χ2v) is 5.55. The van der Waals surface area contributed by atoms with Crippen molar-refractivity contribution in [1.29, 1.82) is 0 Å². The molecular formula is C13H25ClN2O3. The summed E-state index contributed by atoms with van der Waals surface area (Å²) in [6, 6.07) is 0.170. The number of aliphatic hydroxyl groups is 1. The fourth-order valence-electron chi connectivity index (χ4n) is 2.87. The summed E-state index contributed by atoms with van der Waals surface area (Å²) < 4.78 is 5.22. The third kappa shape index (κ3) is 4.91. The topological polar surface area (TPSA) is 84.6 Å². The smallest absolute Gasteiger partial charge is 0.220 e. The highest BCUT2D eigenvalue weighted by molar-refractivity contribution is 5.85. The highest BCUT2D eigenvalue weighted by Gasteiger charge is 2.27. The highest BCUT2D eigenvalue weighted by Crippen LogP contribution is 2.26. The van der Waals surface area contributed by atoms with Crippen molar-refractivity contribution in [2.75, 3.05) is 19.8 Å². The fraction of sp³-hybridized carbons (Fsp3) is 0.923. The maximum atomic E-state index is 11.8. The summed E-state index contributed by atoms with van der Waals surface area (Å²) in [6.45, 7) is 1.64. The average molecular weight is 293 g/mol. The minimum Gasteiger partial charge on any atom is -0.391 e.